The highest BCUT2D eigenvalue weighted by Gasteiger charge is 2.47. The quantitative estimate of drug-likeness (QED) is 0.417. The Morgan fingerprint density at radius 3 is 2.71 bits per heavy atom. The van der Waals surface area contributed by atoms with Crippen LogP contribution in [0.3, 0.4) is 0 Å². The fourth-order valence-corrected chi connectivity index (χ4v) is 5.80. The first-order chi connectivity index (χ1) is 18.1. The van der Waals surface area contributed by atoms with Crippen molar-refractivity contribution in [3.8, 4) is 11.3 Å². The molecule has 9 nitrogen and oxygen atoms in total. The molecule has 3 N–H and O–H groups in total. The van der Waals surface area contributed by atoms with Gasteiger partial charge in [-0.3, -0.25) is 4.68 Å². The van der Waals surface area contributed by atoms with Crippen LogP contribution in [0.5, 0.6) is 0 Å². The zero-order valence-electron chi connectivity index (χ0n) is 21.0. The second kappa shape index (κ2) is 8.47. The second-order valence-electron chi connectivity index (χ2n) is 10.2. The SMILES string of the molecule is CC(NC(=O)N1CCC2(CCn3nc(-c4cnc(N)c(C(F)(F)F)c4)cc32)C1)c1nc2ccccc2n1C. The maximum atomic E-state index is 13.3. The number of nitrogens with zero attached hydrogens (tertiary/aromatic N) is 6. The van der Waals surface area contributed by atoms with Gasteiger partial charge in [0, 0.05) is 49.6 Å². The lowest BCUT2D eigenvalue weighted by Gasteiger charge is -2.24. The van der Waals surface area contributed by atoms with E-state index in [9.17, 15) is 18.0 Å². The molecule has 0 bridgehead atoms. The normalized spacial score (nSPS) is 19.9. The number of benzene rings is 1. The average molecular weight is 525 g/mol. The number of halogens is 3. The third-order valence-electron chi connectivity index (χ3n) is 7.84. The first-order valence-corrected chi connectivity index (χ1v) is 12.4. The van der Waals surface area contributed by atoms with Crippen LogP contribution < -0.4 is 11.1 Å². The summed E-state index contributed by atoms with van der Waals surface area (Å²) in [4.78, 5) is 23.5. The van der Waals surface area contributed by atoms with E-state index in [-0.39, 0.29) is 23.1 Å². The van der Waals surface area contributed by atoms with Gasteiger partial charge < -0.3 is 20.5 Å². The zero-order chi connectivity index (χ0) is 26.8. The third kappa shape index (κ3) is 3.86. The van der Waals surface area contributed by atoms with E-state index >= 15 is 0 Å². The van der Waals surface area contributed by atoms with Crippen molar-refractivity contribution in [3.63, 3.8) is 0 Å². The molecule has 2 atom stereocenters. The molecule has 6 rings (SSSR count). The number of carbonyl (C=O) groups excluding carboxylic acids is 1. The van der Waals surface area contributed by atoms with E-state index in [0.717, 1.165) is 41.5 Å². The molecule has 1 saturated heterocycles. The largest absolute Gasteiger partial charge is 0.419 e. The van der Waals surface area contributed by atoms with Crippen LogP contribution >= 0.6 is 0 Å². The number of imidazole rings is 1. The minimum atomic E-state index is -4.60. The molecule has 2 aliphatic heterocycles. The monoisotopic (exact) mass is 524 g/mol. The summed E-state index contributed by atoms with van der Waals surface area (Å²) in [6.45, 7) is 3.63. The minimum Gasteiger partial charge on any atom is -0.383 e. The molecule has 1 aromatic carbocycles. The van der Waals surface area contributed by atoms with Crippen molar-refractivity contribution in [2.75, 3.05) is 18.8 Å². The highest BCUT2D eigenvalue weighted by Crippen LogP contribution is 2.44. The maximum Gasteiger partial charge on any atom is 0.419 e. The molecule has 38 heavy (non-hydrogen) atoms. The van der Waals surface area contributed by atoms with E-state index in [2.05, 4.69) is 20.4 Å². The highest BCUT2D eigenvalue weighted by molar-refractivity contribution is 5.77. The Morgan fingerprint density at radius 2 is 1.95 bits per heavy atom. The number of hydrogen-bond acceptors (Lipinski definition) is 5. The van der Waals surface area contributed by atoms with Gasteiger partial charge in [-0.1, -0.05) is 12.1 Å². The number of rotatable bonds is 3. The van der Waals surface area contributed by atoms with Crippen LogP contribution in [0.15, 0.2) is 42.6 Å². The topological polar surface area (TPSA) is 107 Å². The van der Waals surface area contributed by atoms with E-state index in [4.69, 9.17) is 5.73 Å². The van der Waals surface area contributed by atoms with Crippen LogP contribution in [-0.2, 0) is 25.2 Å². The van der Waals surface area contributed by atoms with Crippen molar-refractivity contribution in [2.45, 2.75) is 43.9 Å². The summed E-state index contributed by atoms with van der Waals surface area (Å²) in [5.41, 5.74) is 7.66. The number of likely N-dealkylation sites (tertiary alicyclic amines) is 1. The summed E-state index contributed by atoms with van der Waals surface area (Å²) >= 11 is 0. The van der Waals surface area contributed by atoms with Crippen molar-refractivity contribution < 1.29 is 18.0 Å². The van der Waals surface area contributed by atoms with E-state index in [0.29, 0.717) is 25.3 Å². The van der Waals surface area contributed by atoms with Crippen molar-refractivity contribution in [1.82, 2.24) is 34.5 Å². The number of aryl methyl sites for hydroxylation is 2. The lowest BCUT2D eigenvalue weighted by Crippen LogP contribution is -2.41. The number of fused-ring (bicyclic) bond motifs is 3. The predicted molar refractivity (Wildman–Crippen MR) is 135 cm³/mol. The molecule has 3 aromatic heterocycles. The van der Waals surface area contributed by atoms with E-state index in [1.54, 1.807) is 4.90 Å². The Kier molecular flexibility index (Phi) is 5.41. The summed E-state index contributed by atoms with van der Waals surface area (Å²) in [6.07, 6.45) is -1.73. The van der Waals surface area contributed by atoms with Crippen LogP contribution in [0.2, 0.25) is 0 Å². The van der Waals surface area contributed by atoms with Gasteiger partial charge in [0.15, 0.2) is 0 Å². The van der Waals surface area contributed by atoms with Gasteiger partial charge in [-0.2, -0.15) is 18.3 Å². The summed E-state index contributed by atoms with van der Waals surface area (Å²) < 4.78 is 43.9. The Bertz CT molecular complexity index is 1560. The van der Waals surface area contributed by atoms with Gasteiger partial charge in [-0.05, 0) is 44.0 Å². The first-order valence-electron chi connectivity index (χ1n) is 12.4. The highest BCUT2D eigenvalue weighted by atomic mass is 19.4. The predicted octanol–water partition coefficient (Wildman–Crippen LogP) is 4.25. The third-order valence-corrected chi connectivity index (χ3v) is 7.84. The molecular weight excluding hydrogens is 497 g/mol. The zero-order valence-corrected chi connectivity index (χ0v) is 21.0. The number of urea groups is 1. The molecule has 0 radical (unpaired) electrons. The lowest BCUT2D eigenvalue weighted by molar-refractivity contribution is -0.137. The summed E-state index contributed by atoms with van der Waals surface area (Å²) in [5.74, 6) is 0.210. The van der Waals surface area contributed by atoms with E-state index in [1.807, 2.05) is 53.6 Å². The standard InChI is InChI=1S/C26H27F3N8O/c1-15(23-33-18-5-3-4-6-20(18)35(23)2)32-24(38)36-9-7-25(14-36)8-10-37-21(25)12-19(34-37)16-11-17(26(27,28)29)22(30)31-13-16/h3-6,11-13,15H,7-10,14H2,1-2H3,(H2,30,31)(H,32,38). The van der Waals surface area contributed by atoms with Gasteiger partial charge in [0.25, 0.3) is 0 Å². The number of anilines is 1. The number of nitrogens with two attached hydrogens (primary N) is 1. The molecule has 0 saturated carbocycles. The van der Waals surface area contributed by atoms with Crippen LogP contribution in [-0.4, -0.2) is 48.3 Å². The maximum absolute atomic E-state index is 13.3. The van der Waals surface area contributed by atoms with Gasteiger partial charge in [0.1, 0.15) is 11.6 Å². The molecule has 1 spiro atoms. The summed E-state index contributed by atoms with van der Waals surface area (Å²) in [5, 5.41) is 7.64. The number of amides is 2. The van der Waals surface area contributed by atoms with Gasteiger partial charge >= 0.3 is 12.2 Å². The number of aromatic nitrogens is 5. The molecular formula is C26H27F3N8O. The fraction of sp³-hybridized carbons (Fsp3) is 0.385. The Hall–Kier alpha value is -4.09. The molecule has 198 valence electrons. The molecule has 2 unspecified atom stereocenters. The van der Waals surface area contributed by atoms with Gasteiger partial charge in [-0.15, -0.1) is 0 Å². The lowest BCUT2D eigenvalue weighted by atomic mass is 9.82. The smallest absolute Gasteiger partial charge is 0.383 e. The Balaban J connectivity index is 1.20. The Labute approximate surface area is 216 Å². The van der Waals surface area contributed by atoms with Crippen molar-refractivity contribution in [2.24, 2.45) is 7.05 Å². The number of nitrogens with one attached hydrogen (secondary N) is 1. The van der Waals surface area contributed by atoms with Gasteiger partial charge in [-0.25, -0.2) is 14.8 Å². The van der Waals surface area contributed by atoms with Crippen LogP contribution in [0, 0.1) is 0 Å². The number of carbonyl (C=O) groups is 1. The number of para-hydroxylation sites is 2. The second-order valence-corrected chi connectivity index (χ2v) is 10.2. The van der Waals surface area contributed by atoms with Crippen molar-refractivity contribution >= 4 is 22.9 Å². The Morgan fingerprint density at radius 1 is 1.18 bits per heavy atom. The molecule has 2 amide bonds. The molecule has 1 fully saturated rings. The molecule has 2 aliphatic rings. The van der Waals surface area contributed by atoms with Crippen molar-refractivity contribution in [1.29, 1.82) is 0 Å². The molecule has 12 heteroatoms. The number of pyridine rings is 1. The van der Waals surface area contributed by atoms with Crippen molar-refractivity contribution in [3.05, 3.63) is 59.7 Å². The van der Waals surface area contributed by atoms with Gasteiger partial charge in [0.2, 0.25) is 0 Å². The van der Waals surface area contributed by atoms with Gasteiger partial charge in [0.05, 0.1) is 28.3 Å². The number of hydrogen-bond donors (Lipinski definition) is 2. The average Bonchev–Trinajstić information content (AvgIpc) is 3.64. The molecule has 5 heterocycles. The van der Waals surface area contributed by atoms with Crippen LogP contribution in [0.25, 0.3) is 22.3 Å². The van der Waals surface area contributed by atoms with Crippen LogP contribution in [0.1, 0.15) is 42.9 Å². The van der Waals surface area contributed by atoms with E-state index in [1.165, 1.54) is 6.20 Å². The minimum absolute atomic E-state index is 0.169. The fourth-order valence-electron chi connectivity index (χ4n) is 5.80. The summed E-state index contributed by atoms with van der Waals surface area (Å²) in [6, 6.07) is 10.2. The van der Waals surface area contributed by atoms with E-state index < -0.39 is 17.6 Å². The first kappa shape index (κ1) is 24.3. The number of nitrogen functional groups attached to an aromatic ring is 1. The number of alkyl halides is 3. The summed E-state index contributed by atoms with van der Waals surface area (Å²) in [7, 11) is 1.93. The molecule has 0 aliphatic carbocycles. The molecule has 4 aromatic rings. The van der Waals surface area contributed by atoms with Crippen LogP contribution in [0.4, 0.5) is 23.8 Å².